The van der Waals surface area contributed by atoms with Crippen LogP contribution in [0.4, 0.5) is 0 Å². The van der Waals surface area contributed by atoms with E-state index in [0.717, 1.165) is 13.0 Å². The fraction of sp³-hybridized carbons (Fsp3) is 0.647. The van der Waals surface area contributed by atoms with Crippen LogP contribution in [0.3, 0.4) is 0 Å². The lowest BCUT2D eigenvalue weighted by Gasteiger charge is -2.21. The Kier molecular flexibility index (Phi) is 10.8. The third-order valence-electron chi connectivity index (χ3n) is 2.92. The molecule has 0 N–H and O–H groups in total. The molecule has 0 atom stereocenters. The monoisotopic (exact) mass is 249 g/mol. The van der Waals surface area contributed by atoms with Gasteiger partial charge < -0.3 is 0 Å². The largest absolute Gasteiger partial charge is 0.299 e. The van der Waals surface area contributed by atoms with Gasteiger partial charge in [-0.2, -0.15) is 0 Å². The van der Waals surface area contributed by atoms with Gasteiger partial charge in [0.1, 0.15) is 0 Å². The van der Waals surface area contributed by atoms with Gasteiger partial charge >= 0.3 is 0 Å². The lowest BCUT2D eigenvalue weighted by atomic mass is 10.1. The van der Waals surface area contributed by atoms with Crippen molar-refractivity contribution < 1.29 is 0 Å². The summed E-state index contributed by atoms with van der Waals surface area (Å²) in [6.45, 7) is 14.2. The molecular weight excluding hydrogens is 218 g/mol. The summed E-state index contributed by atoms with van der Waals surface area (Å²) in [5.74, 6) is 0. The molecule has 1 heteroatoms. The van der Waals surface area contributed by atoms with Crippen LogP contribution in [0.25, 0.3) is 0 Å². The Bertz CT molecular complexity index is 270. The molecule has 1 rings (SSSR count). The van der Waals surface area contributed by atoms with E-state index in [1.807, 2.05) is 13.8 Å². The Balaban J connectivity index is 0.00000137. The Labute approximate surface area is 114 Å². The average molecular weight is 249 g/mol. The van der Waals surface area contributed by atoms with E-state index >= 15 is 0 Å². The van der Waals surface area contributed by atoms with E-state index in [9.17, 15) is 0 Å². The number of nitrogens with zero attached hydrogens (tertiary/aromatic N) is 1. The summed E-state index contributed by atoms with van der Waals surface area (Å²) in [5.41, 5.74) is 2.88. The fourth-order valence-corrected chi connectivity index (χ4v) is 2.04. The van der Waals surface area contributed by atoms with E-state index in [2.05, 4.69) is 49.9 Å². The molecule has 0 aliphatic heterocycles. The van der Waals surface area contributed by atoms with Crippen LogP contribution in [-0.2, 0) is 13.0 Å². The van der Waals surface area contributed by atoms with Gasteiger partial charge in [-0.3, -0.25) is 4.90 Å². The fourth-order valence-electron chi connectivity index (χ4n) is 2.04. The summed E-state index contributed by atoms with van der Waals surface area (Å²) in [4.78, 5) is 2.54. The zero-order valence-corrected chi connectivity index (χ0v) is 13.0. The van der Waals surface area contributed by atoms with Crippen molar-refractivity contribution in [3.63, 3.8) is 0 Å². The highest BCUT2D eigenvalue weighted by molar-refractivity contribution is 5.22. The van der Waals surface area contributed by atoms with E-state index in [0.29, 0.717) is 0 Å². The topological polar surface area (TPSA) is 3.24 Å². The van der Waals surface area contributed by atoms with Gasteiger partial charge in [0.05, 0.1) is 0 Å². The number of hydrogen-bond donors (Lipinski definition) is 0. The van der Waals surface area contributed by atoms with Gasteiger partial charge in [0.15, 0.2) is 0 Å². The molecule has 0 aromatic heterocycles. The van der Waals surface area contributed by atoms with Crippen LogP contribution in [0, 0.1) is 0 Å². The van der Waals surface area contributed by atoms with Gasteiger partial charge in [0, 0.05) is 6.54 Å². The summed E-state index contributed by atoms with van der Waals surface area (Å²) in [7, 11) is 0. The van der Waals surface area contributed by atoms with E-state index in [4.69, 9.17) is 0 Å². The van der Waals surface area contributed by atoms with Crippen molar-refractivity contribution in [1.29, 1.82) is 0 Å². The molecule has 0 fully saturated rings. The first-order chi connectivity index (χ1) is 8.80. The SMILES string of the molecule is CC.CCCN(CCC)Cc1ccc(CC)cc1. The predicted octanol–water partition coefficient (Wildman–Crippen LogP) is 4.90. The smallest absolute Gasteiger partial charge is 0.0233 e. The minimum atomic E-state index is 1.10. The summed E-state index contributed by atoms with van der Waals surface area (Å²) < 4.78 is 0. The number of rotatable bonds is 7. The summed E-state index contributed by atoms with van der Waals surface area (Å²) in [5, 5.41) is 0. The van der Waals surface area contributed by atoms with Crippen LogP contribution >= 0.6 is 0 Å². The maximum atomic E-state index is 2.54. The van der Waals surface area contributed by atoms with Crippen LogP contribution in [-0.4, -0.2) is 18.0 Å². The molecule has 0 saturated carbocycles. The van der Waals surface area contributed by atoms with Gasteiger partial charge in [0.2, 0.25) is 0 Å². The first-order valence-electron chi connectivity index (χ1n) is 7.60. The molecule has 104 valence electrons. The van der Waals surface area contributed by atoms with Gasteiger partial charge in [-0.25, -0.2) is 0 Å². The number of benzene rings is 1. The van der Waals surface area contributed by atoms with E-state index in [1.165, 1.54) is 37.1 Å². The van der Waals surface area contributed by atoms with E-state index in [-0.39, 0.29) is 0 Å². The molecule has 18 heavy (non-hydrogen) atoms. The molecular formula is C17H31N. The molecule has 1 aromatic carbocycles. The van der Waals surface area contributed by atoms with Gasteiger partial charge in [-0.05, 0) is 43.5 Å². The molecule has 0 radical (unpaired) electrons. The maximum absolute atomic E-state index is 2.54. The second-order valence-corrected chi connectivity index (χ2v) is 4.45. The zero-order valence-electron chi connectivity index (χ0n) is 13.0. The van der Waals surface area contributed by atoms with Crippen molar-refractivity contribution in [2.24, 2.45) is 0 Å². The second-order valence-electron chi connectivity index (χ2n) is 4.45. The molecule has 0 spiro atoms. The Morgan fingerprint density at radius 1 is 0.778 bits per heavy atom. The molecule has 0 unspecified atom stereocenters. The lowest BCUT2D eigenvalue weighted by molar-refractivity contribution is 0.266. The van der Waals surface area contributed by atoms with Gasteiger partial charge in [0.25, 0.3) is 0 Å². The number of aryl methyl sites for hydroxylation is 1. The quantitative estimate of drug-likeness (QED) is 0.664. The molecule has 0 bridgehead atoms. The van der Waals surface area contributed by atoms with Crippen molar-refractivity contribution in [3.05, 3.63) is 35.4 Å². The molecule has 0 saturated heterocycles. The lowest BCUT2D eigenvalue weighted by Crippen LogP contribution is -2.24. The highest BCUT2D eigenvalue weighted by atomic mass is 15.1. The molecule has 1 aromatic rings. The van der Waals surface area contributed by atoms with Gasteiger partial charge in [-0.15, -0.1) is 0 Å². The third kappa shape index (κ3) is 6.80. The Morgan fingerprint density at radius 3 is 1.61 bits per heavy atom. The molecule has 0 heterocycles. The normalized spacial score (nSPS) is 10.1. The molecule has 1 nitrogen and oxygen atoms in total. The van der Waals surface area contributed by atoms with E-state index < -0.39 is 0 Å². The van der Waals surface area contributed by atoms with Crippen molar-refractivity contribution in [2.75, 3.05) is 13.1 Å². The highest BCUT2D eigenvalue weighted by Gasteiger charge is 2.03. The third-order valence-corrected chi connectivity index (χ3v) is 2.92. The van der Waals surface area contributed by atoms with Crippen molar-refractivity contribution in [1.82, 2.24) is 4.90 Å². The Morgan fingerprint density at radius 2 is 1.22 bits per heavy atom. The molecule has 0 amide bonds. The van der Waals surface area contributed by atoms with Crippen molar-refractivity contribution in [2.45, 2.75) is 60.4 Å². The van der Waals surface area contributed by atoms with Crippen LogP contribution in [0.1, 0.15) is 58.6 Å². The predicted molar refractivity (Wildman–Crippen MR) is 83.0 cm³/mol. The summed E-state index contributed by atoms with van der Waals surface area (Å²) >= 11 is 0. The zero-order chi connectivity index (χ0) is 13.8. The summed E-state index contributed by atoms with van der Waals surface area (Å²) in [6, 6.07) is 9.06. The van der Waals surface area contributed by atoms with Gasteiger partial charge in [-0.1, -0.05) is 58.9 Å². The highest BCUT2D eigenvalue weighted by Crippen LogP contribution is 2.09. The van der Waals surface area contributed by atoms with Crippen LogP contribution in [0.15, 0.2) is 24.3 Å². The minimum absolute atomic E-state index is 1.10. The summed E-state index contributed by atoms with van der Waals surface area (Å²) in [6.07, 6.45) is 3.62. The molecule has 0 aliphatic rings. The first-order valence-corrected chi connectivity index (χ1v) is 7.60. The maximum Gasteiger partial charge on any atom is 0.0233 e. The average Bonchev–Trinajstić information content (AvgIpc) is 2.42. The van der Waals surface area contributed by atoms with Crippen molar-refractivity contribution >= 4 is 0 Å². The van der Waals surface area contributed by atoms with Crippen LogP contribution in [0.2, 0.25) is 0 Å². The minimum Gasteiger partial charge on any atom is -0.299 e. The van der Waals surface area contributed by atoms with Crippen LogP contribution < -0.4 is 0 Å². The Hall–Kier alpha value is -0.820. The van der Waals surface area contributed by atoms with Crippen molar-refractivity contribution in [3.8, 4) is 0 Å². The first kappa shape index (κ1) is 17.2. The molecule has 0 aliphatic carbocycles. The van der Waals surface area contributed by atoms with Crippen LogP contribution in [0.5, 0.6) is 0 Å². The van der Waals surface area contributed by atoms with E-state index in [1.54, 1.807) is 0 Å². The standard InChI is InChI=1S/C15H25N.C2H6/c1-4-11-16(12-5-2)13-15-9-7-14(6-3)8-10-15;1-2/h7-10H,4-6,11-13H2,1-3H3;1-2H3. The number of hydrogen-bond acceptors (Lipinski definition) is 1. The second kappa shape index (κ2) is 11.3.